The number of amides is 2. The first-order valence-corrected chi connectivity index (χ1v) is 13.1. The van der Waals surface area contributed by atoms with E-state index in [0.717, 1.165) is 12.8 Å². The molecule has 212 valence electrons. The number of methoxy groups -OCH3 is 1. The second-order valence-corrected chi connectivity index (χ2v) is 10.6. The topological polar surface area (TPSA) is 119 Å². The van der Waals surface area contributed by atoms with Gasteiger partial charge >= 0.3 is 0 Å². The van der Waals surface area contributed by atoms with Gasteiger partial charge in [0, 0.05) is 25.2 Å². The smallest absolute Gasteiger partial charge is 0.251 e. The van der Waals surface area contributed by atoms with E-state index in [1.807, 2.05) is 0 Å². The van der Waals surface area contributed by atoms with Gasteiger partial charge in [-0.25, -0.2) is 9.37 Å². The number of carbonyl (C=O) groups is 2. The van der Waals surface area contributed by atoms with Gasteiger partial charge in [-0.2, -0.15) is 0 Å². The van der Waals surface area contributed by atoms with Gasteiger partial charge in [0.1, 0.15) is 34.9 Å². The van der Waals surface area contributed by atoms with Crippen LogP contribution in [0.1, 0.15) is 49.7 Å². The maximum absolute atomic E-state index is 13.7. The third-order valence-electron chi connectivity index (χ3n) is 7.31. The van der Waals surface area contributed by atoms with E-state index < -0.39 is 22.7 Å². The average molecular weight is 552 g/mol. The van der Waals surface area contributed by atoms with Crippen molar-refractivity contribution >= 4 is 11.8 Å². The molecule has 1 aliphatic heterocycles. The molecule has 0 spiro atoms. The molecule has 0 bridgehead atoms. The number of hydrogen-bond donors (Lipinski definition) is 3. The molecule has 1 fully saturated rings. The summed E-state index contributed by atoms with van der Waals surface area (Å²) in [5.74, 6) is 0.321. The highest BCUT2D eigenvalue weighted by molar-refractivity contribution is 5.95. The largest absolute Gasteiger partial charge is 0.493 e. The van der Waals surface area contributed by atoms with Gasteiger partial charge in [-0.3, -0.25) is 9.59 Å². The summed E-state index contributed by atoms with van der Waals surface area (Å²) in [6.07, 6.45) is 2.17. The van der Waals surface area contributed by atoms with Gasteiger partial charge in [0.25, 0.3) is 5.91 Å². The van der Waals surface area contributed by atoms with E-state index in [2.05, 4.69) is 15.6 Å². The number of aliphatic hydroxyl groups is 1. The summed E-state index contributed by atoms with van der Waals surface area (Å²) >= 11 is 0. The Hall–Kier alpha value is -4.18. The van der Waals surface area contributed by atoms with E-state index >= 15 is 0 Å². The molecular formula is C30H34FN3O6. The molecule has 2 aliphatic rings. The SMILES string of the molecule is CNC(=O)[C@@]1(C)COc2c1cc([C@@](C)(O)CNC(=O)c1ccc(OC3CC3)c(OC)c1)nc2-c1ccc(F)cc1.[HH]. The van der Waals surface area contributed by atoms with E-state index in [1.165, 1.54) is 26.2 Å². The maximum atomic E-state index is 13.7. The molecule has 0 unspecified atom stereocenters. The van der Waals surface area contributed by atoms with Crippen LogP contribution in [-0.4, -0.2) is 55.3 Å². The van der Waals surface area contributed by atoms with E-state index in [0.29, 0.717) is 39.6 Å². The predicted molar refractivity (Wildman–Crippen MR) is 147 cm³/mol. The third-order valence-corrected chi connectivity index (χ3v) is 7.31. The molecule has 2 heterocycles. The average Bonchev–Trinajstić information content (AvgIpc) is 3.71. The number of rotatable bonds is 9. The van der Waals surface area contributed by atoms with Gasteiger partial charge in [0.2, 0.25) is 5.91 Å². The Kier molecular flexibility index (Phi) is 7.14. The fourth-order valence-corrected chi connectivity index (χ4v) is 4.64. The van der Waals surface area contributed by atoms with Crippen molar-refractivity contribution in [3.8, 4) is 28.5 Å². The van der Waals surface area contributed by atoms with Crippen LogP contribution >= 0.6 is 0 Å². The Bertz CT molecular complexity index is 1460. The predicted octanol–water partition coefficient (Wildman–Crippen LogP) is 3.72. The van der Waals surface area contributed by atoms with Gasteiger partial charge in [-0.05, 0) is 75.2 Å². The second-order valence-electron chi connectivity index (χ2n) is 10.6. The molecule has 2 amide bonds. The van der Waals surface area contributed by atoms with Crippen LogP contribution in [0, 0.1) is 5.82 Å². The van der Waals surface area contributed by atoms with Crippen molar-refractivity contribution in [2.45, 2.75) is 43.8 Å². The molecule has 10 heteroatoms. The number of halogens is 1. The first-order chi connectivity index (χ1) is 19.1. The minimum atomic E-state index is -1.63. The molecule has 0 saturated heterocycles. The van der Waals surface area contributed by atoms with Crippen molar-refractivity contribution in [3.05, 3.63) is 71.2 Å². The first kappa shape index (κ1) is 27.4. The van der Waals surface area contributed by atoms with Crippen molar-refractivity contribution < 1.29 is 34.7 Å². The van der Waals surface area contributed by atoms with E-state index in [1.54, 1.807) is 50.4 Å². The quantitative estimate of drug-likeness (QED) is 0.371. The molecule has 2 atom stereocenters. The Morgan fingerprint density at radius 1 is 1.20 bits per heavy atom. The van der Waals surface area contributed by atoms with Gasteiger partial charge in [-0.15, -0.1) is 0 Å². The summed E-state index contributed by atoms with van der Waals surface area (Å²) in [5.41, 5.74) is -0.660. The monoisotopic (exact) mass is 551 g/mol. The Balaban J connectivity index is 0.00000387. The van der Waals surface area contributed by atoms with Crippen LogP contribution in [0.4, 0.5) is 4.39 Å². The highest BCUT2D eigenvalue weighted by Crippen LogP contribution is 2.45. The number of fused-ring (bicyclic) bond motifs is 1. The maximum Gasteiger partial charge on any atom is 0.251 e. The van der Waals surface area contributed by atoms with Crippen molar-refractivity contribution in [3.63, 3.8) is 0 Å². The number of ether oxygens (including phenoxy) is 3. The zero-order valence-electron chi connectivity index (χ0n) is 22.8. The van der Waals surface area contributed by atoms with Crippen LogP contribution in [0.15, 0.2) is 48.5 Å². The Labute approximate surface area is 233 Å². The summed E-state index contributed by atoms with van der Waals surface area (Å²) in [7, 11) is 3.05. The van der Waals surface area contributed by atoms with Crippen molar-refractivity contribution in [1.82, 2.24) is 15.6 Å². The van der Waals surface area contributed by atoms with Crippen molar-refractivity contribution in [1.29, 1.82) is 0 Å². The molecule has 40 heavy (non-hydrogen) atoms. The highest BCUT2D eigenvalue weighted by Gasteiger charge is 2.45. The fraction of sp³-hybridized carbons (Fsp3) is 0.367. The van der Waals surface area contributed by atoms with Crippen LogP contribution < -0.4 is 24.8 Å². The summed E-state index contributed by atoms with van der Waals surface area (Å²) < 4.78 is 30.8. The lowest BCUT2D eigenvalue weighted by Gasteiger charge is -2.26. The zero-order valence-corrected chi connectivity index (χ0v) is 22.8. The molecule has 2 aromatic carbocycles. The second kappa shape index (κ2) is 10.4. The fourth-order valence-electron chi connectivity index (χ4n) is 4.64. The number of nitrogens with zero attached hydrogens (tertiary/aromatic N) is 1. The third kappa shape index (κ3) is 5.19. The van der Waals surface area contributed by atoms with Crippen LogP contribution in [0.2, 0.25) is 0 Å². The number of likely N-dealkylation sites (N-methyl/N-ethyl adjacent to an activating group) is 1. The summed E-state index contributed by atoms with van der Waals surface area (Å²) in [6.45, 7) is 3.16. The summed E-state index contributed by atoms with van der Waals surface area (Å²) in [4.78, 5) is 30.6. The molecule has 3 N–H and O–H groups in total. The highest BCUT2D eigenvalue weighted by atomic mass is 19.1. The summed E-state index contributed by atoms with van der Waals surface area (Å²) in [6, 6.07) is 12.3. The molecule has 0 radical (unpaired) electrons. The normalized spacial score (nSPS) is 19.1. The minimum absolute atomic E-state index is 0. The van der Waals surface area contributed by atoms with Crippen LogP contribution in [-0.2, 0) is 15.8 Å². The molecule has 3 aromatic rings. The number of carbonyl (C=O) groups excluding carboxylic acids is 2. The van der Waals surface area contributed by atoms with E-state index in [4.69, 9.17) is 14.2 Å². The van der Waals surface area contributed by atoms with Crippen LogP contribution in [0.3, 0.4) is 0 Å². The lowest BCUT2D eigenvalue weighted by atomic mass is 9.82. The molecule has 9 nitrogen and oxygen atoms in total. The number of benzene rings is 2. The molecule has 1 saturated carbocycles. The van der Waals surface area contributed by atoms with Gasteiger partial charge < -0.3 is 30.0 Å². The van der Waals surface area contributed by atoms with Gasteiger partial charge in [-0.1, -0.05) is 0 Å². The van der Waals surface area contributed by atoms with E-state index in [9.17, 15) is 19.1 Å². The van der Waals surface area contributed by atoms with Crippen LogP contribution in [0.25, 0.3) is 11.3 Å². The lowest BCUT2D eigenvalue weighted by molar-refractivity contribution is -0.126. The first-order valence-electron chi connectivity index (χ1n) is 13.1. The molecule has 1 aromatic heterocycles. The number of aromatic nitrogens is 1. The minimum Gasteiger partial charge on any atom is -0.493 e. The zero-order chi connectivity index (χ0) is 28.7. The standard InChI is InChI=1S/C30H32FN3O6.H2/c1-29(28(36)32-3)16-39-26-21(29)14-24(34-25(26)17-5-8-19(31)9-6-17)30(2,37)15-33-27(35)18-7-12-22(23(13-18)38-4)40-20-10-11-20;/h5-9,12-14,20,37H,10-11,15-16H2,1-4H3,(H,32,36)(H,33,35);1H/t29-,30-;/m0./s1. The molecular weight excluding hydrogens is 517 g/mol. The van der Waals surface area contributed by atoms with E-state index in [-0.39, 0.29) is 32.3 Å². The lowest BCUT2D eigenvalue weighted by Crippen LogP contribution is -2.42. The Morgan fingerprint density at radius 2 is 1.93 bits per heavy atom. The molecule has 1 aliphatic carbocycles. The number of hydrogen-bond acceptors (Lipinski definition) is 7. The van der Waals surface area contributed by atoms with Crippen molar-refractivity contribution in [2.24, 2.45) is 0 Å². The number of nitrogens with one attached hydrogen (secondary N) is 2. The summed E-state index contributed by atoms with van der Waals surface area (Å²) in [5, 5.41) is 17.0. The van der Waals surface area contributed by atoms with Crippen molar-refractivity contribution in [2.75, 3.05) is 27.3 Å². The van der Waals surface area contributed by atoms with Crippen LogP contribution in [0.5, 0.6) is 17.2 Å². The number of pyridine rings is 1. The molecule has 5 rings (SSSR count). The van der Waals surface area contributed by atoms with Gasteiger partial charge in [0.05, 0.1) is 25.5 Å². The Morgan fingerprint density at radius 3 is 2.58 bits per heavy atom. The van der Waals surface area contributed by atoms with Gasteiger partial charge in [0.15, 0.2) is 11.5 Å².